The molecule has 2 aliphatic rings. The van der Waals surface area contributed by atoms with Gasteiger partial charge in [-0.1, -0.05) is 18.2 Å². The summed E-state index contributed by atoms with van der Waals surface area (Å²) in [5.41, 5.74) is 0.537. The number of hydrogen-bond donors (Lipinski definition) is 1. The third-order valence-electron chi connectivity index (χ3n) is 3.90. The number of hydrogen-bond acceptors (Lipinski definition) is 3. The molecule has 1 aromatic rings. The van der Waals surface area contributed by atoms with Gasteiger partial charge in [0.25, 0.3) is 5.91 Å². The SMILES string of the molecule is CC1(C)C(=O)NC(=O)N1CC1CSc2ccccc21. The van der Waals surface area contributed by atoms with Gasteiger partial charge in [0, 0.05) is 23.1 Å². The zero-order valence-electron chi connectivity index (χ0n) is 11.0. The minimum absolute atomic E-state index is 0.212. The fourth-order valence-electron chi connectivity index (χ4n) is 2.61. The predicted octanol–water partition coefficient (Wildman–Crippen LogP) is 2.21. The summed E-state index contributed by atoms with van der Waals surface area (Å²) < 4.78 is 0. The van der Waals surface area contributed by atoms with Gasteiger partial charge in [-0.3, -0.25) is 10.1 Å². The third kappa shape index (κ3) is 1.92. The molecular formula is C14H16N2O2S. The zero-order valence-corrected chi connectivity index (χ0v) is 11.8. The molecule has 1 atom stereocenters. The molecule has 1 N–H and O–H groups in total. The van der Waals surface area contributed by atoms with Crippen molar-refractivity contribution < 1.29 is 9.59 Å². The zero-order chi connectivity index (χ0) is 13.6. The topological polar surface area (TPSA) is 49.4 Å². The largest absolute Gasteiger partial charge is 0.325 e. The second kappa shape index (κ2) is 4.27. The normalized spacial score (nSPS) is 24.5. The molecule has 0 bridgehead atoms. The Morgan fingerprint density at radius 1 is 1.37 bits per heavy atom. The van der Waals surface area contributed by atoms with Crippen molar-refractivity contribution in [1.82, 2.24) is 10.2 Å². The van der Waals surface area contributed by atoms with Crippen molar-refractivity contribution in [3.8, 4) is 0 Å². The molecule has 1 saturated heterocycles. The van der Waals surface area contributed by atoms with Crippen molar-refractivity contribution in [3.05, 3.63) is 29.8 Å². The molecule has 1 fully saturated rings. The summed E-state index contributed by atoms with van der Waals surface area (Å²) in [6.45, 7) is 4.18. The lowest BCUT2D eigenvalue weighted by atomic mass is 9.97. The van der Waals surface area contributed by atoms with Gasteiger partial charge < -0.3 is 4.90 Å². The number of amides is 3. The Morgan fingerprint density at radius 3 is 2.79 bits per heavy atom. The molecule has 1 aromatic carbocycles. The van der Waals surface area contributed by atoms with E-state index in [-0.39, 0.29) is 11.9 Å². The highest BCUT2D eigenvalue weighted by atomic mass is 32.2. The lowest BCUT2D eigenvalue weighted by molar-refractivity contribution is -0.125. The van der Waals surface area contributed by atoms with Gasteiger partial charge >= 0.3 is 6.03 Å². The molecule has 100 valence electrons. The van der Waals surface area contributed by atoms with Gasteiger partial charge in [-0.25, -0.2) is 4.79 Å². The number of thioether (sulfide) groups is 1. The number of carbonyl (C=O) groups is 2. The van der Waals surface area contributed by atoms with E-state index in [0.717, 1.165) is 5.75 Å². The second-order valence-corrected chi connectivity index (χ2v) is 6.54. The van der Waals surface area contributed by atoms with Crippen molar-refractivity contribution in [2.45, 2.75) is 30.2 Å². The average molecular weight is 276 g/mol. The lowest BCUT2D eigenvalue weighted by Gasteiger charge is -2.30. The predicted molar refractivity (Wildman–Crippen MR) is 74.2 cm³/mol. The van der Waals surface area contributed by atoms with Crippen LogP contribution in [0.4, 0.5) is 4.79 Å². The van der Waals surface area contributed by atoms with Gasteiger partial charge in [0.15, 0.2) is 0 Å². The van der Waals surface area contributed by atoms with E-state index >= 15 is 0 Å². The van der Waals surface area contributed by atoms with Crippen molar-refractivity contribution in [1.29, 1.82) is 0 Å². The summed E-state index contributed by atoms with van der Waals surface area (Å²) in [5.74, 6) is 1.06. The molecule has 3 amide bonds. The highest BCUT2D eigenvalue weighted by molar-refractivity contribution is 7.99. The van der Waals surface area contributed by atoms with Crippen LogP contribution in [-0.4, -0.2) is 34.7 Å². The number of nitrogens with one attached hydrogen (secondary N) is 1. The quantitative estimate of drug-likeness (QED) is 0.843. The smallest absolute Gasteiger partial charge is 0.310 e. The Bertz CT molecular complexity index is 556. The summed E-state index contributed by atoms with van der Waals surface area (Å²) in [7, 11) is 0. The van der Waals surface area contributed by atoms with Crippen molar-refractivity contribution in [2.24, 2.45) is 0 Å². The number of nitrogens with zero attached hydrogens (tertiary/aromatic N) is 1. The Kier molecular flexibility index (Phi) is 2.82. The van der Waals surface area contributed by atoms with Crippen LogP contribution in [0.25, 0.3) is 0 Å². The van der Waals surface area contributed by atoms with E-state index in [4.69, 9.17) is 0 Å². The maximum Gasteiger partial charge on any atom is 0.325 e. The van der Waals surface area contributed by atoms with Crippen LogP contribution < -0.4 is 5.32 Å². The number of carbonyl (C=O) groups excluding carboxylic acids is 2. The highest BCUT2D eigenvalue weighted by Crippen LogP contribution is 2.40. The molecule has 5 heteroatoms. The summed E-state index contributed by atoms with van der Waals surface area (Å²) in [5, 5.41) is 2.40. The van der Waals surface area contributed by atoms with E-state index in [1.807, 2.05) is 23.9 Å². The monoisotopic (exact) mass is 276 g/mol. The molecule has 0 saturated carbocycles. The van der Waals surface area contributed by atoms with Crippen LogP contribution in [-0.2, 0) is 4.79 Å². The Morgan fingerprint density at radius 2 is 2.11 bits per heavy atom. The van der Waals surface area contributed by atoms with Gasteiger partial charge in [-0.05, 0) is 25.5 Å². The molecule has 2 aliphatic heterocycles. The molecule has 1 unspecified atom stereocenters. The maximum absolute atomic E-state index is 11.9. The summed E-state index contributed by atoms with van der Waals surface area (Å²) in [4.78, 5) is 26.6. The summed E-state index contributed by atoms with van der Waals surface area (Å²) >= 11 is 1.82. The number of fused-ring (bicyclic) bond motifs is 1. The van der Waals surface area contributed by atoms with Crippen LogP contribution in [0.15, 0.2) is 29.2 Å². The van der Waals surface area contributed by atoms with Gasteiger partial charge in [0.2, 0.25) is 0 Å². The van der Waals surface area contributed by atoms with Crippen molar-refractivity contribution in [3.63, 3.8) is 0 Å². The van der Waals surface area contributed by atoms with E-state index in [1.165, 1.54) is 10.5 Å². The average Bonchev–Trinajstić information content (AvgIpc) is 2.85. The molecule has 0 radical (unpaired) electrons. The summed E-state index contributed by atoms with van der Waals surface area (Å²) in [6, 6.07) is 8.01. The maximum atomic E-state index is 11.9. The van der Waals surface area contributed by atoms with Crippen LogP contribution in [0.1, 0.15) is 25.3 Å². The number of rotatable bonds is 2. The molecule has 19 heavy (non-hydrogen) atoms. The van der Waals surface area contributed by atoms with Crippen LogP contribution in [0, 0.1) is 0 Å². The van der Waals surface area contributed by atoms with E-state index in [1.54, 1.807) is 18.7 Å². The van der Waals surface area contributed by atoms with Crippen LogP contribution >= 0.6 is 11.8 Å². The van der Waals surface area contributed by atoms with Gasteiger partial charge in [-0.15, -0.1) is 11.8 Å². The first kappa shape index (κ1) is 12.5. The molecule has 0 aromatic heterocycles. The molecule has 2 heterocycles. The van der Waals surface area contributed by atoms with E-state index in [2.05, 4.69) is 17.4 Å². The van der Waals surface area contributed by atoms with E-state index < -0.39 is 5.54 Å². The second-order valence-electron chi connectivity index (χ2n) is 5.47. The molecule has 4 nitrogen and oxygen atoms in total. The Balaban J connectivity index is 1.84. The molecule has 3 rings (SSSR count). The van der Waals surface area contributed by atoms with Crippen LogP contribution in [0.5, 0.6) is 0 Å². The standard InChI is InChI=1S/C14H16N2O2S/c1-14(2)12(17)15-13(18)16(14)7-9-8-19-11-6-4-3-5-10(9)11/h3-6,9H,7-8H2,1-2H3,(H,15,17,18). The van der Waals surface area contributed by atoms with Crippen molar-refractivity contribution >= 4 is 23.7 Å². The third-order valence-corrected chi connectivity index (χ3v) is 5.15. The minimum atomic E-state index is -0.751. The first-order valence-electron chi connectivity index (χ1n) is 6.35. The van der Waals surface area contributed by atoms with Gasteiger partial charge in [-0.2, -0.15) is 0 Å². The molecule has 0 spiro atoms. The summed E-state index contributed by atoms with van der Waals surface area (Å²) in [6.07, 6.45) is 0. The molecule has 0 aliphatic carbocycles. The van der Waals surface area contributed by atoms with Gasteiger partial charge in [0.05, 0.1) is 0 Å². The van der Waals surface area contributed by atoms with E-state index in [9.17, 15) is 9.59 Å². The lowest BCUT2D eigenvalue weighted by Crippen LogP contribution is -2.46. The van der Waals surface area contributed by atoms with Gasteiger partial charge in [0.1, 0.15) is 5.54 Å². The fourth-order valence-corrected chi connectivity index (χ4v) is 3.85. The molecular weight excluding hydrogens is 260 g/mol. The fraction of sp³-hybridized carbons (Fsp3) is 0.429. The number of imide groups is 1. The van der Waals surface area contributed by atoms with E-state index in [0.29, 0.717) is 12.5 Å². The number of benzene rings is 1. The van der Waals surface area contributed by atoms with Crippen LogP contribution in [0.3, 0.4) is 0 Å². The Labute approximate surface area is 116 Å². The first-order chi connectivity index (χ1) is 9.00. The first-order valence-corrected chi connectivity index (χ1v) is 7.33. The Hall–Kier alpha value is -1.49. The van der Waals surface area contributed by atoms with Crippen molar-refractivity contribution in [2.75, 3.05) is 12.3 Å². The highest BCUT2D eigenvalue weighted by Gasteiger charge is 2.46. The van der Waals surface area contributed by atoms with Crippen LogP contribution in [0.2, 0.25) is 0 Å². The minimum Gasteiger partial charge on any atom is -0.310 e. The number of urea groups is 1.